The molecule has 29 heavy (non-hydrogen) atoms. The fraction of sp³-hybridized carbons (Fsp3) is 0.391. The number of amides is 1. The number of rotatable bonds is 7. The molecule has 0 spiro atoms. The van der Waals surface area contributed by atoms with Gasteiger partial charge in [0.1, 0.15) is 18.8 Å². The molecule has 1 saturated heterocycles. The van der Waals surface area contributed by atoms with E-state index < -0.39 is 0 Å². The molecule has 2 aromatic rings. The summed E-state index contributed by atoms with van der Waals surface area (Å²) in [6.45, 7) is 9.16. The number of benzene rings is 2. The number of carbonyl (C=O) groups is 1. The van der Waals surface area contributed by atoms with Crippen LogP contribution in [0.15, 0.2) is 53.6 Å². The first-order valence-electron chi connectivity index (χ1n) is 10.0. The second kappa shape index (κ2) is 10.2. The molecular weight excluding hydrogens is 366 g/mol. The predicted molar refractivity (Wildman–Crippen MR) is 113 cm³/mol. The number of nitrogens with one attached hydrogen (secondary N) is 2. The molecule has 0 radical (unpaired) electrons. The first kappa shape index (κ1) is 21.0. The van der Waals surface area contributed by atoms with Crippen LogP contribution in [0.2, 0.25) is 0 Å². The minimum Gasteiger partial charge on any atom is -0.483 e. The fourth-order valence-electron chi connectivity index (χ4n) is 3.59. The van der Waals surface area contributed by atoms with Crippen LogP contribution in [0.1, 0.15) is 29.7 Å². The van der Waals surface area contributed by atoms with Crippen molar-refractivity contribution in [3.05, 3.63) is 65.2 Å². The van der Waals surface area contributed by atoms with Crippen LogP contribution in [0.3, 0.4) is 0 Å². The molecule has 1 aliphatic heterocycles. The van der Waals surface area contributed by atoms with Gasteiger partial charge >= 0.3 is 0 Å². The van der Waals surface area contributed by atoms with Gasteiger partial charge in [-0.2, -0.15) is 5.10 Å². The van der Waals surface area contributed by atoms with E-state index in [0.717, 1.165) is 48.9 Å². The minimum absolute atomic E-state index is 0.0680. The zero-order valence-electron chi connectivity index (χ0n) is 17.4. The van der Waals surface area contributed by atoms with Crippen LogP contribution in [0.25, 0.3) is 0 Å². The summed E-state index contributed by atoms with van der Waals surface area (Å²) in [6, 6.07) is 16.3. The van der Waals surface area contributed by atoms with Crippen molar-refractivity contribution in [1.82, 2.24) is 5.43 Å². The Morgan fingerprint density at radius 3 is 2.62 bits per heavy atom. The van der Waals surface area contributed by atoms with Crippen LogP contribution in [0.5, 0.6) is 5.75 Å². The third-order valence-corrected chi connectivity index (χ3v) is 5.15. The van der Waals surface area contributed by atoms with Gasteiger partial charge in [0.2, 0.25) is 0 Å². The molecular formula is C23H30N3O3+. The lowest BCUT2D eigenvalue weighted by atomic mass is 10.0. The van der Waals surface area contributed by atoms with Gasteiger partial charge in [-0.3, -0.25) is 4.79 Å². The maximum Gasteiger partial charge on any atom is 0.277 e. The van der Waals surface area contributed by atoms with E-state index in [0.29, 0.717) is 0 Å². The highest BCUT2D eigenvalue weighted by atomic mass is 16.5. The second-order valence-corrected chi connectivity index (χ2v) is 7.46. The van der Waals surface area contributed by atoms with E-state index in [1.54, 1.807) is 0 Å². The van der Waals surface area contributed by atoms with Gasteiger partial charge in [-0.15, -0.1) is 0 Å². The Labute approximate surface area is 172 Å². The smallest absolute Gasteiger partial charge is 0.277 e. The molecule has 0 bridgehead atoms. The average Bonchev–Trinajstić information content (AvgIpc) is 2.74. The summed E-state index contributed by atoms with van der Waals surface area (Å²) in [7, 11) is 0. The van der Waals surface area contributed by atoms with Gasteiger partial charge in [0.25, 0.3) is 5.91 Å². The highest BCUT2D eigenvalue weighted by molar-refractivity contribution is 5.88. The number of morpholine rings is 1. The topological polar surface area (TPSA) is 64.4 Å². The number of hydrazone groups is 1. The van der Waals surface area contributed by atoms with Crippen molar-refractivity contribution in [2.45, 2.75) is 26.8 Å². The number of quaternary nitrogens is 1. The number of hydrogen-bond acceptors (Lipinski definition) is 4. The van der Waals surface area contributed by atoms with E-state index in [1.807, 2.05) is 57.2 Å². The Morgan fingerprint density at radius 1 is 1.17 bits per heavy atom. The lowest BCUT2D eigenvalue weighted by Crippen LogP contribution is -3.15. The molecule has 3 rings (SSSR count). The van der Waals surface area contributed by atoms with E-state index in [-0.39, 0.29) is 18.6 Å². The van der Waals surface area contributed by atoms with Gasteiger partial charge < -0.3 is 14.4 Å². The molecule has 2 N–H and O–H groups in total. The lowest BCUT2D eigenvalue weighted by molar-refractivity contribution is -0.928. The molecule has 6 heteroatoms. The van der Waals surface area contributed by atoms with E-state index >= 15 is 0 Å². The van der Waals surface area contributed by atoms with Crippen molar-refractivity contribution in [2.24, 2.45) is 5.10 Å². The van der Waals surface area contributed by atoms with Crippen LogP contribution >= 0.6 is 0 Å². The summed E-state index contributed by atoms with van der Waals surface area (Å²) in [5.41, 5.74) is 6.81. The molecule has 2 aromatic carbocycles. The van der Waals surface area contributed by atoms with Crippen LogP contribution in [0.4, 0.5) is 0 Å². The molecule has 1 fully saturated rings. The monoisotopic (exact) mass is 396 g/mol. The highest BCUT2D eigenvalue weighted by Gasteiger charge is 2.29. The molecule has 0 aliphatic carbocycles. The van der Waals surface area contributed by atoms with Crippen LogP contribution in [0, 0.1) is 13.8 Å². The van der Waals surface area contributed by atoms with Crippen molar-refractivity contribution in [3.63, 3.8) is 0 Å². The van der Waals surface area contributed by atoms with Crippen molar-refractivity contribution in [3.8, 4) is 5.75 Å². The number of aryl methyl sites for hydroxylation is 2. The highest BCUT2D eigenvalue weighted by Crippen LogP contribution is 2.18. The molecule has 0 aromatic heterocycles. The second-order valence-electron chi connectivity index (χ2n) is 7.46. The van der Waals surface area contributed by atoms with Crippen molar-refractivity contribution >= 4 is 11.6 Å². The zero-order chi connectivity index (χ0) is 20.6. The molecule has 1 heterocycles. The molecule has 0 saturated carbocycles. The molecule has 1 atom stereocenters. The Bertz CT molecular complexity index is 846. The van der Waals surface area contributed by atoms with E-state index in [1.165, 1.54) is 10.5 Å². The van der Waals surface area contributed by atoms with E-state index in [2.05, 4.69) is 22.7 Å². The Hall–Kier alpha value is -2.70. The SMILES string of the molecule is C/C(=N/NC(=O)COc1cc(C)ccc1C)[C@H](c1ccccc1)[NH+]1CCOCC1. The standard InChI is InChI=1S/C23H29N3O3/c1-17-9-10-18(2)21(15-17)29-16-22(27)25-24-19(3)23(20-7-5-4-6-8-20)26-11-13-28-14-12-26/h4-10,15,23H,11-14,16H2,1-3H3,(H,25,27)/p+1/b24-19-/t23-/m1/s1. The maximum absolute atomic E-state index is 12.3. The zero-order valence-corrected chi connectivity index (χ0v) is 17.4. The van der Waals surface area contributed by atoms with Gasteiger partial charge in [-0.1, -0.05) is 42.5 Å². The fourth-order valence-corrected chi connectivity index (χ4v) is 3.59. The first-order chi connectivity index (χ1) is 14.0. The number of nitrogens with zero attached hydrogens (tertiary/aromatic N) is 1. The van der Waals surface area contributed by atoms with Crippen molar-refractivity contribution < 1.29 is 19.2 Å². The van der Waals surface area contributed by atoms with E-state index in [4.69, 9.17) is 9.47 Å². The van der Waals surface area contributed by atoms with Gasteiger partial charge in [0.05, 0.1) is 18.9 Å². The Balaban J connectivity index is 1.65. The largest absolute Gasteiger partial charge is 0.483 e. The van der Waals surface area contributed by atoms with Gasteiger partial charge in [0.15, 0.2) is 12.6 Å². The van der Waals surface area contributed by atoms with Crippen LogP contribution in [-0.4, -0.2) is 44.5 Å². The quantitative estimate of drug-likeness (QED) is 0.554. The van der Waals surface area contributed by atoms with E-state index in [9.17, 15) is 4.79 Å². The first-order valence-corrected chi connectivity index (χ1v) is 10.0. The van der Waals surface area contributed by atoms with Gasteiger partial charge in [-0.05, 0) is 38.0 Å². The van der Waals surface area contributed by atoms with Crippen molar-refractivity contribution in [2.75, 3.05) is 32.9 Å². The number of carbonyl (C=O) groups excluding carboxylic acids is 1. The molecule has 1 amide bonds. The Kier molecular flexibility index (Phi) is 7.38. The summed E-state index contributed by atoms with van der Waals surface area (Å²) in [6.07, 6.45) is 0. The van der Waals surface area contributed by atoms with Gasteiger partial charge in [-0.25, -0.2) is 5.43 Å². The number of hydrogen-bond donors (Lipinski definition) is 2. The summed E-state index contributed by atoms with van der Waals surface area (Å²) in [5, 5.41) is 4.40. The molecule has 154 valence electrons. The van der Waals surface area contributed by atoms with Gasteiger partial charge in [0, 0.05) is 5.56 Å². The summed E-state index contributed by atoms with van der Waals surface area (Å²) < 4.78 is 11.2. The van der Waals surface area contributed by atoms with Crippen LogP contribution in [-0.2, 0) is 9.53 Å². The lowest BCUT2D eigenvalue weighted by Gasteiger charge is -2.31. The Morgan fingerprint density at radius 2 is 1.90 bits per heavy atom. The molecule has 0 unspecified atom stereocenters. The normalized spacial score (nSPS) is 16.3. The van der Waals surface area contributed by atoms with Crippen LogP contribution < -0.4 is 15.1 Å². The third kappa shape index (κ3) is 5.89. The maximum atomic E-state index is 12.3. The summed E-state index contributed by atoms with van der Waals surface area (Å²) in [5.74, 6) is 0.454. The summed E-state index contributed by atoms with van der Waals surface area (Å²) in [4.78, 5) is 13.7. The van der Waals surface area contributed by atoms with Crippen molar-refractivity contribution in [1.29, 1.82) is 0 Å². The predicted octanol–water partition coefficient (Wildman–Crippen LogP) is 1.83. The third-order valence-electron chi connectivity index (χ3n) is 5.15. The molecule has 6 nitrogen and oxygen atoms in total. The average molecular weight is 397 g/mol. The number of ether oxygens (including phenoxy) is 2. The summed E-state index contributed by atoms with van der Waals surface area (Å²) >= 11 is 0. The molecule has 1 aliphatic rings. The minimum atomic E-state index is -0.269.